The van der Waals surface area contributed by atoms with Crippen LogP contribution < -0.4 is 4.74 Å². The van der Waals surface area contributed by atoms with E-state index >= 15 is 0 Å². The number of ether oxygens (including phenoxy) is 3. The van der Waals surface area contributed by atoms with Gasteiger partial charge in [0.05, 0.1) is 17.1 Å². The molecule has 0 aliphatic carbocycles. The highest BCUT2D eigenvalue weighted by Gasteiger charge is 2.33. The summed E-state index contributed by atoms with van der Waals surface area (Å²) >= 11 is 6.50. The molecule has 1 unspecified atom stereocenters. The maximum absolute atomic E-state index is 14.4. The number of alkyl halides is 3. The Bertz CT molecular complexity index is 1790. The number of nitrogens with zero attached hydrogens (tertiary/aromatic N) is 5. The zero-order valence-corrected chi connectivity index (χ0v) is 24.3. The molecule has 10 nitrogen and oxygen atoms in total. The van der Waals surface area contributed by atoms with E-state index in [1.807, 2.05) is 0 Å². The first-order valence-corrected chi connectivity index (χ1v) is 14.3. The van der Waals surface area contributed by atoms with Crippen molar-refractivity contribution in [3.8, 4) is 28.3 Å². The maximum atomic E-state index is 14.4. The summed E-state index contributed by atoms with van der Waals surface area (Å²) in [5.74, 6) is -0.818. The third kappa shape index (κ3) is 7.06. The maximum Gasteiger partial charge on any atom is 0.573 e. The van der Waals surface area contributed by atoms with Crippen LogP contribution in [-0.2, 0) is 22.6 Å². The molecule has 0 saturated carbocycles. The van der Waals surface area contributed by atoms with Crippen LogP contribution in [0.4, 0.5) is 13.2 Å². The average Bonchev–Trinajstić information content (AvgIpc) is 3.65. The minimum Gasteiger partial charge on any atom is -0.406 e. The molecule has 6 rings (SSSR count). The van der Waals surface area contributed by atoms with E-state index in [4.69, 9.17) is 25.6 Å². The topological polar surface area (TPSA) is 114 Å². The minimum absolute atomic E-state index is 0.0322. The molecule has 1 saturated heterocycles. The molecule has 5 aromatic rings. The van der Waals surface area contributed by atoms with Gasteiger partial charge in [-0.05, 0) is 55.2 Å². The molecule has 4 heterocycles. The Morgan fingerprint density at radius 3 is 2.71 bits per heavy atom. The minimum atomic E-state index is -4.85. The van der Waals surface area contributed by atoms with Crippen LogP contribution in [0.2, 0.25) is 5.02 Å². The number of carbonyl (C=O) groups excluding carboxylic acids is 1. The van der Waals surface area contributed by atoms with E-state index in [9.17, 15) is 18.0 Å². The zero-order valence-electron chi connectivity index (χ0n) is 23.5. The van der Waals surface area contributed by atoms with Crippen molar-refractivity contribution in [1.29, 1.82) is 0 Å². The van der Waals surface area contributed by atoms with Crippen LogP contribution in [0.3, 0.4) is 0 Å². The normalized spacial score (nSPS) is 15.2. The summed E-state index contributed by atoms with van der Waals surface area (Å²) in [7, 11) is 0. The van der Waals surface area contributed by atoms with E-state index in [0.717, 1.165) is 12.8 Å². The van der Waals surface area contributed by atoms with Crippen molar-refractivity contribution < 1.29 is 36.7 Å². The molecule has 0 N–H and O–H groups in total. The van der Waals surface area contributed by atoms with E-state index in [1.54, 1.807) is 48.7 Å². The molecule has 0 spiro atoms. The first-order valence-electron chi connectivity index (χ1n) is 14.0. The number of ketones is 1. The SMILES string of the molecule is O=C(c1nnn(Cc2cccc(OC(F)(F)F)c2)c1-c1cccnc1)c1c(-c2ccccc2Cl)noc1COC1CCCCO1. The van der Waals surface area contributed by atoms with Crippen molar-refractivity contribution in [2.45, 2.75) is 45.1 Å². The van der Waals surface area contributed by atoms with Crippen LogP contribution in [0.1, 0.15) is 46.6 Å². The molecule has 1 aliphatic heterocycles. The molecule has 232 valence electrons. The molecule has 1 fully saturated rings. The molecule has 0 amide bonds. The molecular weight excluding hydrogens is 615 g/mol. The molecule has 1 aliphatic rings. The Balaban J connectivity index is 1.41. The fourth-order valence-corrected chi connectivity index (χ4v) is 5.23. The van der Waals surface area contributed by atoms with Gasteiger partial charge < -0.3 is 18.7 Å². The highest BCUT2D eigenvalue weighted by molar-refractivity contribution is 6.33. The molecule has 3 aromatic heterocycles. The lowest BCUT2D eigenvalue weighted by molar-refractivity contribution is -0.274. The van der Waals surface area contributed by atoms with Gasteiger partial charge in [0, 0.05) is 30.1 Å². The van der Waals surface area contributed by atoms with E-state index < -0.39 is 18.4 Å². The predicted molar refractivity (Wildman–Crippen MR) is 154 cm³/mol. The predicted octanol–water partition coefficient (Wildman–Crippen LogP) is 6.87. The van der Waals surface area contributed by atoms with Gasteiger partial charge >= 0.3 is 6.36 Å². The van der Waals surface area contributed by atoms with Crippen LogP contribution in [0, 0.1) is 0 Å². The summed E-state index contributed by atoms with van der Waals surface area (Å²) in [6, 6.07) is 15.7. The second-order valence-electron chi connectivity index (χ2n) is 10.1. The van der Waals surface area contributed by atoms with Crippen LogP contribution in [0.5, 0.6) is 5.75 Å². The third-order valence-electron chi connectivity index (χ3n) is 7.01. The smallest absolute Gasteiger partial charge is 0.406 e. The van der Waals surface area contributed by atoms with Crippen LogP contribution in [0.25, 0.3) is 22.5 Å². The molecular formula is C31H25ClF3N5O5. The Hall–Kier alpha value is -4.59. The number of halogens is 4. The van der Waals surface area contributed by atoms with Gasteiger partial charge in [-0.25, -0.2) is 4.68 Å². The first kappa shape index (κ1) is 30.4. The third-order valence-corrected chi connectivity index (χ3v) is 7.34. The Morgan fingerprint density at radius 1 is 1.09 bits per heavy atom. The summed E-state index contributed by atoms with van der Waals surface area (Å²) in [6.07, 6.45) is 0.366. The van der Waals surface area contributed by atoms with Gasteiger partial charge in [0.25, 0.3) is 0 Å². The number of hydrogen-bond acceptors (Lipinski definition) is 9. The van der Waals surface area contributed by atoms with Gasteiger partial charge in [0.15, 0.2) is 17.7 Å². The van der Waals surface area contributed by atoms with Crippen LogP contribution in [-0.4, -0.2) is 50.2 Å². The summed E-state index contributed by atoms with van der Waals surface area (Å²) in [5.41, 5.74) is 1.88. The molecule has 2 aromatic carbocycles. The number of aromatic nitrogens is 5. The van der Waals surface area contributed by atoms with Crippen LogP contribution >= 0.6 is 11.6 Å². The summed E-state index contributed by atoms with van der Waals surface area (Å²) in [5, 5.41) is 13.0. The second kappa shape index (κ2) is 13.2. The number of carbonyl (C=O) groups is 1. The van der Waals surface area contributed by atoms with Crippen molar-refractivity contribution in [2.75, 3.05) is 6.61 Å². The Morgan fingerprint density at radius 2 is 1.96 bits per heavy atom. The van der Waals surface area contributed by atoms with E-state index in [0.29, 0.717) is 34.7 Å². The number of rotatable bonds is 10. The van der Waals surface area contributed by atoms with Gasteiger partial charge in [0.1, 0.15) is 23.7 Å². The molecule has 0 radical (unpaired) electrons. The van der Waals surface area contributed by atoms with Gasteiger partial charge in [-0.2, -0.15) is 0 Å². The molecule has 14 heteroatoms. The first-order chi connectivity index (χ1) is 21.8. The standard InChI is InChI=1S/C31H25ClF3N5O5/c32-23-11-2-1-10-22(23)27-26(24(45-38-27)18-43-25-12-3-4-14-42-25)30(41)28-29(20-8-6-13-36-16-20)40(39-37-28)17-19-7-5-9-21(15-19)44-31(33,34)35/h1-2,5-11,13,15-16,25H,3-4,12,14,17-18H2. The summed E-state index contributed by atoms with van der Waals surface area (Å²) in [4.78, 5) is 18.6. The summed E-state index contributed by atoms with van der Waals surface area (Å²) < 4.78 is 61.3. The van der Waals surface area contributed by atoms with Crippen molar-refractivity contribution in [2.24, 2.45) is 0 Å². The average molecular weight is 640 g/mol. The van der Waals surface area contributed by atoms with E-state index in [2.05, 4.69) is 25.2 Å². The molecule has 0 bridgehead atoms. The zero-order chi connectivity index (χ0) is 31.4. The van der Waals surface area contributed by atoms with Crippen molar-refractivity contribution >= 4 is 17.4 Å². The summed E-state index contributed by atoms with van der Waals surface area (Å²) in [6.45, 7) is 0.432. The van der Waals surface area contributed by atoms with Crippen LogP contribution in [0.15, 0.2) is 77.6 Å². The lowest BCUT2D eigenvalue weighted by atomic mass is 9.98. The largest absolute Gasteiger partial charge is 0.573 e. The molecule has 1 atom stereocenters. The molecule has 45 heavy (non-hydrogen) atoms. The van der Waals surface area contributed by atoms with Gasteiger partial charge in [-0.3, -0.25) is 9.78 Å². The number of pyridine rings is 1. The van der Waals surface area contributed by atoms with Crippen molar-refractivity contribution in [1.82, 2.24) is 25.1 Å². The van der Waals surface area contributed by atoms with E-state index in [1.165, 1.54) is 29.1 Å². The quantitative estimate of drug-likeness (QED) is 0.151. The lowest BCUT2D eigenvalue weighted by Gasteiger charge is -2.22. The van der Waals surface area contributed by atoms with Crippen molar-refractivity contribution in [3.05, 3.63) is 101 Å². The number of hydrogen-bond donors (Lipinski definition) is 0. The fraction of sp³-hybridized carbons (Fsp3) is 0.258. The Labute approximate surface area is 259 Å². The highest BCUT2D eigenvalue weighted by atomic mass is 35.5. The number of benzene rings is 2. The van der Waals surface area contributed by atoms with Crippen molar-refractivity contribution in [3.63, 3.8) is 0 Å². The Kier molecular flexibility index (Phi) is 8.92. The van der Waals surface area contributed by atoms with Gasteiger partial charge in [-0.1, -0.05) is 52.3 Å². The fourth-order valence-electron chi connectivity index (χ4n) is 5.00. The highest BCUT2D eigenvalue weighted by Crippen LogP contribution is 2.35. The monoisotopic (exact) mass is 639 g/mol. The van der Waals surface area contributed by atoms with E-state index in [-0.39, 0.29) is 47.3 Å². The lowest BCUT2D eigenvalue weighted by Crippen LogP contribution is -2.22. The van der Waals surface area contributed by atoms with Gasteiger partial charge in [-0.15, -0.1) is 18.3 Å². The second-order valence-corrected chi connectivity index (χ2v) is 10.5. The van der Waals surface area contributed by atoms with Gasteiger partial charge in [0.2, 0.25) is 5.78 Å².